The van der Waals surface area contributed by atoms with Crippen molar-refractivity contribution in [1.82, 2.24) is 4.90 Å². The van der Waals surface area contributed by atoms with E-state index < -0.39 is 0 Å². The first kappa shape index (κ1) is 13.0. The summed E-state index contributed by atoms with van der Waals surface area (Å²) in [6.45, 7) is 4.04. The summed E-state index contributed by atoms with van der Waals surface area (Å²) in [4.78, 5) is 12.5. The van der Waals surface area contributed by atoms with Crippen LogP contribution in [0.1, 0.15) is 6.92 Å². The first-order valence-corrected chi connectivity index (χ1v) is 5.25. The number of carbonyl (C=O) groups is 1. The minimum atomic E-state index is -0.253. The fourth-order valence-corrected chi connectivity index (χ4v) is 1.37. The molecule has 0 rings (SSSR count). The van der Waals surface area contributed by atoms with Gasteiger partial charge in [-0.1, -0.05) is 0 Å². The van der Waals surface area contributed by atoms with Gasteiger partial charge in [-0.15, -0.1) is 23.2 Å². The zero-order valence-corrected chi connectivity index (χ0v) is 9.27. The Balaban J connectivity index is 3.49. The fraction of sp³-hybridized carbons (Fsp3) is 0.875. The maximum Gasteiger partial charge on any atom is 0.302 e. The Morgan fingerprint density at radius 2 is 1.77 bits per heavy atom. The molecule has 0 unspecified atom stereocenters. The number of esters is 1. The van der Waals surface area contributed by atoms with Gasteiger partial charge in [-0.25, -0.2) is 0 Å². The van der Waals surface area contributed by atoms with Crippen LogP contribution in [0.15, 0.2) is 0 Å². The van der Waals surface area contributed by atoms with E-state index in [1.54, 1.807) is 0 Å². The summed E-state index contributed by atoms with van der Waals surface area (Å²) < 4.78 is 4.80. The maximum atomic E-state index is 10.4. The summed E-state index contributed by atoms with van der Waals surface area (Å²) in [6.07, 6.45) is 0. The van der Waals surface area contributed by atoms with Gasteiger partial charge in [0.15, 0.2) is 0 Å². The third-order valence-corrected chi connectivity index (χ3v) is 1.85. The molecule has 0 aromatic heterocycles. The Bertz CT molecular complexity index is 138. The average molecular weight is 228 g/mol. The molecule has 0 aliphatic carbocycles. The van der Waals surface area contributed by atoms with Crippen LogP contribution in [0.25, 0.3) is 0 Å². The molecule has 0 aliphatic heterocycles. The normalized spacial score (nSPS) is 10.5. The number of alkyl halides is 2. The molecular formula is C8H15Cl2NO2. The Labute approximate surface area is 88.9 Å². The molecule has 0 spiro atoms. The van der Waals surface area contributed by atoms with Gasteiger partial charge >= 0.3 is 5.97 Å². The number of hydrogen-bond donors (Lipinski definition) is 0. The first-order valence-electron chi connectivity index (χ1n) is 4.18. The minimum Gasteiger partial charge on any atom is -0.465 e. The van der Waals surface area contributed by atoms with Gasteiger partial charge in [-0.2, -0.15) is 0 Å². The quantitative estimate of drug-likeness (QED) is 0.486. The van der Waals surface area contributed by atoms with E-state index in [-0.39, 0.29) is 5.97 Å². The first-order chi connectivity index (χ1) is 6.20. The van der Waals surface area contributed by atoms with Crippen LogP contribution in [0.3, 0.4) is 0 Å². The summed E-state index contributed by atoms with van der Waals surface area (Å²) in [6, 6.07) is 0. The van der Waals surface area contributed by atoms with Crippen molar-refractivity contribution in [3.8, 4) is 0 Å². The average Bonchev–Trinajstić information content (AvgIpc) is 2.04. The highest BCUT2D eigenvalue weighted by molar-refractivity contribution is 6.18. The Kier molecular flexibility index (Phi) is 8.61. The lowest BCUT2D eigenvalue weighted by molar-refractivity contribution is -0.141. The van der Waals surface area contributed by atoms with Gasteiger partial charge in [0.2, 0.25) is 0 Å². The second kappa shape index (κ2) is 8.60. The molecule has 3 nitrogen and oxygen atoms in total. The van der Waals surface area contributed by atoms with Gasteiger partial charge in [0.05, 0.1) is 0 Å². The van der Waals surface area contributed by atoms with Crippen molar-refractivity contribution in [3.63, 3.8) is 0 Å². The maximum absolute atomic E-state index is 10.4. The molecule has 13 heavy (non-hydrogen) atoms. The molecule has 0 fully saturated rings. The van der Waals surface area contributed by atoms with Crippen LogP contribution in [0.4, 0.5) is 0 Å². The van der Waals surface area contributed by atoms with Crippen molar-refractivity contribution in [2.75, 3.05) is 38.0 Å². The van der Waals surface area contributed by atoms with Crippen LogP contribution in [-0.2, 0) is 9.53 Å². The molecule has 0 aromatic rings. The van der Waals surface area contributed by atoms with Gasteiger partial charge < -0.3 is 4.74 Å². The van der Waals surface area contributed by atoms with Gasteiger partial charge in [-0.3, -0.25) is 9.69 Å². The molecule has 0 bridgehead atoms. The highest BCUT2D eigenvalue weighted by Crippen LogP contribution is 1.92. The molecule has 78 valence electrons. The SMILES string of the molecule is CC(=O)OCCN(CCCl)CCCl. The summed E-state index contributed by atoms with van der Waals surface area (Å²) in [7, 11) is 0. The highest BCUT2D eigenvalue weighted by Gasteiger charge is 2.03. The van der Waals surface area contributed by atoms with Gasteiger partial charge in [0.25, 0.3) is 0 Å². The largest absolute Gasteiger partial charge is 0.465 e. The Morgan fingerprint density at radius 3 is 2.15 bits per heavy atom. The van der Waals surface area contributed by atoms with Crippen molar-refractivity contribution < 1.29 is 9.53 Å². The van der Waals surface area contributed by atoms with E-state index in [9.17, 15) is 4.79 Å². The smallest absolute Gasteiger partial charge is 0.302 e. The Morgan fingerprint density at radius 1 is 1.23 bits per heavy atom. The standard InChI is InChI=1S/C8H15Cl2NO2/c1-8(12)13-7-6-11(4-2-9)5-3-10/h2-7H2,1H3. The zero-order chi connectivity index (χ0) is 10.1. The molecule has 0 atom stereocenters. The number of halogens is 2. The Hall–Kier alpha value is 0.01000. The summed E-state index contributed by atoms with van der Waals surface area (Å²) in [5.74, 6) is 0.880. The second-order valence-corrected chi connectivity index (χ2v) is 3.32. The van der Waals surface area contributed by atoms with E-state index in [4.69, 9.17) is 27.9 Å². The van der Waals surface area contributed by atoms with Gasteiger partial charge in [0, 0.05) is 38.3 Å². The third-order valence-electron chi connectivity index (χ3n) is 1.51. The lowest BCUT2D eigenvalue weighted by Crippen LogP contribution is -2.31. The monoisotopic (exact) mass is 227 g/mol. The topological polar surface area (TPSA) is 29.5 Å². The van der Waals surface area contributed by atoms with Crippen LogP contribution in [0.5, 0.6) is 0 Å². The molecule has 0 heterocycles. The van der Waals surface area contributed by atoms with E-state index >= 15 is 0 Å². The zero-order valence-electron chi connectivity index (χ0n) is 7.76. The van der Waals surface area contributed by atoms with Crippen LogP contribution in [0.2, 0.25) is 0 Å². The molecule has 0 amide bonds. The molecule has 0 aliphatic rings. The van der Waals surface area contributed by atoms with Crippen molar-refractivity contribution in [1.29, 1.82) is 0 Å². The number of carbonyl (C=O) groups excluding carboxylic acids is 1. The minimum absolute atomic E-state index is 0.253. The van der Waals surface area contributed by atoms with E-state index in [1.807, 2.05) is 0 Å². The van der Waals surface area contributed by atoms with Crippen LogP contribution in [0, 0.1) is 0 Å². The molecule has 0 radical (unpaired) electrons. The second-order valence-electron chi connectivity index (χ2n) is 2.56. The molecule has 5 heteroatoms. The molecule has 0 saturated carbocycles. The van der Waals surface area contributed by atoms with Crippen LogP contribution >= 0.6 is 23.2 Å². The summed E-state index contributed by atoms with van der Waals surface area (Å²) >= 11 is 11.2. The predicted molar refractivity (Wildman–Crippen MR) is 54.5 cm³/mol. The molecule has 0 N–H and O–H groups in total. The van der Waals surface area contributed by atoms with Crippen molar-refractivity contribution >= 4 is 29.2 Å². The summed E-state index contributed by atoms with van der Waals surface area (Å²) in [5, 5.41) is 0. The van der Waals surface area contributed by atoms with Crippen LogP contribution < -0.4 is 0 Å². The number of rotatable bonds is 7. The third kappa shape index (κ3) is 8.34. The lowest BCUT2D eigenvalue weighted by Gasteiger charge is -2.19. The number of nitrogens with zero attached hydrogens (tertiary/aromatic N) is 1. The van der Waals surface area contributed by atoms with E-state index in [0.717, 1.165) is 13.1 Å². The molecule has 0 aromatic carbocycles. The van der Waals surface area contributed by atoms with Gasteiger partial charge in [0.1, 0.15) is 6.61 Å². The van der Waals surface area contributed by atoms with E-state index in [2.05, 4.69) is 4.90 Å². The van der Waals surface area contributed by atoms with E-state index in [0.29, 0.717) is 24.9 Å². The fourth-order valence-electron chi connectivity index (χ4n) is 0.893. The summed E-state index contributed by atoms with van der Waals surface area (Å²) in [5.41, 5.74) is 0. The molecular weight excluding hydrogens is 213 g/mol. The predicted octanol–water partition coefficient (Wildman–Crippen LogP) is 1.33. The number of ether oxygens (including phenoxy) is 1. The van der Waals surface area contributed by atoms with Crippen molar-refractivity contribution in [2.45, 2.75) is 6.92 Å². The molecule has 0 saturated heterocycles. The number of hydrogen-bond acceptors (Lipinski definition) is 3. The van der Waals surface area contributed by atoms with Crippen molar-refractivity contribution in [2.24, 2.45) is 0 Å². The lowest BCUT2D eigenvalue weighted by atomic mass is 10.5. The van der Waals surface area contributed by atoms with Gasteiger partial charge in [-0.05, 0) is 0 Å². The van der Waals surface area contributed by atoms with Crippen LogP contribution in [-0.4, -0.2) is 48.9 Å². The van der Waals surface area contributed by atoms with E-state index in [1.165, 1.54) is 6.92 Å². The van der Waals surface area contributed by atoms with Crippen molar-refractivity contribution in [3.05, 3.63) is 0 Å². The highest BCUT2D eigenvalue weighted by atomic mass is 35.5.